The van der Waals surface area contributed by atoms with Crippen molar-refractivity contribution in [2.24, 2.45) is 0 Å². The third-order valence-electron chi connectivity index (χ3n) is 3.74. The van der Waals surface area contributed by atoms with Gasteiger partial charge in [-0.1, -0.05) is 92.3 Å². The molecule has 0 radical (unpaired) electrons. The lowest BCUT2D eigenvalue weighted by Crippen LogP contribution is -2.16. The fraction of sp³-hybridized carbons (Fsp3) is 0.130. The zero-order valence-corrected chi connectivity index (χ0v) is 15.5. The first-order valence-electron chi connectivity index (χ1n) is 8.30. The van der Waals surface area contributed by atoms with Gasteiger partial charge in [0.25, 0.3) is 0 Å². The quantitative estimate of drug-likeness (QED) is 0.297. The molecule has 0 spiro atoms. The van der Waals surface area contributed by atoms with Crippen LogP contribution in [0.2, 0.25) is 19.6 Å². The molecule has 0 bridgehead atoms. The fourth-order valence-corrected chi connectivity index (χ4v) is 3.02. The van der Waals surface area contributed by atoms with Gasteiger partial charge in [-0.15, -0.1) is 5.54 Å². The third-order valence-corrected chi connectivity index (χ3v) is 4.62. The molecule has 0 N–H and O–H groups in total. The van der Waals surface area contributed by atoms with E-state index in [9.17, 15) is 0 Å². The Kier molecular flexibility index (Phi) is 4.69. The van der Waals surface area contributed by atoms with Crippen LogP contribution in [-0.2, 0) is 0 Å². The number of hydrogen-bond acceptors (Lipinski definition) is 0. The van der Waals surface area contributed by atoms with Gasteiger partial charge in [0.1, 0.15) is 8.07 Å². The maximum atomic E-state index is 3.50. The Morgan fingerprint density at radius 1 is 0.750 bits per heavy atom. The largest absolute Gasteiger partial charge is 0.129 e. The van der Waals surface area contributed by atoms with Gasteiger partial charge in [0.15, 0.2) is 0 Å². The van der Waals surface area contributed by atoms with Crippen molar-refractivity contribution in [3.63, 3.8) is 0 Å². The summed E-state index contributed by atoms with van der Waals surface area (Å²) in [7, 11) is -1.40. The molecule has 1 heteroatoms. The zero-order valence-electron chi connectivity index (χ0n) is 14.5. The van der Waals surface area contributed by atoms with Crippen LogP contribution in [0.15, 0.2) is 66.7 Å². The molecule has 0 saturated carbocycles. The lowest BCUT2D eigenvalue weighted by molar-refractivity contribution is 1.64. The number of fused-ring (bicyclic) bond motifs is 1. The van der Waals surface area contributed by atoms with Gasteiger partial charge >= 0.3 is 0 Å². The molecule has 0 nitrogen and oxygen atoms in total. The standard InChI is InChI=1S/C23H22Si/c1-24(2,3)16-15-23-18-21-12-8-7-11-20(21)17-22(23)14-13-19-9-5-4-6-10-19/h4-14,17-18H,1-3H3/b14-13+. The smallest absolute Gasteiger partial charge is 0.127 e. The molecule has 3 aromatic rings. The second-order valence-corrected chi connectivity index (χ2v) is 11.8. The van der Waals surface area contributed by atoms with Gasteiger partial charge in [0, 0.05) is 5.56 Å². The van der Waals surface area contributed by atoms with Crippen molar-refractivity contribution in [1.29, 1.82) is 0 Å². The van der Waals surface area contributed by atoms with Gasteiger partial charge in [-0.25, -0.2) is 0 Å². The van der Waals surface area contributed by atoms with E-state index in [1.165, 1.54) is 21.9 Å². The van der Waals surface area contributed by atoms with E-state index in [0.717, 1.165) is 5.56 Å². The number of hydrogen-bond donors (Lipinski definition) is 0. The summed E-state index contributed by atoms with van der Waals surface area (Å²) in [5.41, 5.74) is 7.00. The maximum Gasteiger partial charge on any atom is 0.129 e. The average Bonchev–Trinajstić information content (AvgIpc) is 2.58. The lowest BCUT2D eigenvalue weighted by atomic mass is 10.0. The van der Waals surface area contributed by atoms with Gasteiger partial charge in [-0.3, -0.25) is 0 Å². The Bertz CT molecular complexity index is 932. The predicted octanol–water partition coefficient (Wildman–Crippen LogP) is 6.24. The van der Waals surface area contributed by atoms with Gasteiger partial charge in [-0.2, -0.15) is 0 Å². The molecule has 0 heterocycles. The Morgan fingerprint density at radius 3 is 2.04 bits per heavy atom. The molecule has 0 atom stereocenters. The molecule has 0 fully saturated rings. The van der Waals surface area contributed by atoms with Crippen molar-refractivity contribution < 1.29 is 0 Å². The predicted molar refractivity (Wildman–Crippen MR) is 110 cm³/mol. The van der Waals surface area contributed by atoms with Crippen LogP contribution in [0.1, 0.15) is 16.7 Å². The van der Waals surface area contributed by atoms with Gasteiger partial charge in [-0.05, 0) is 34.0 Å². The third kappa shape index (κ3) is 4.25. The molecule has 0 aliphatic rings. The minimum absolute atomic E-state index is 1.11. The normalized spacial score (nSPS) is 11.5. The lowest BCUT2D eigenvalue weighted by Gasteiger charge is -2.07. The average molecular weight is 327 g/mol. The number of rotatable bonds is 2. The first kappa shape index (κ1) is 16.3. The van der Waals surface area contributed by atoms with Gasteiger partial charge < -0.3 is 0 Å². The Hall–Kier alpha value is -2.56. The highest BCUT2D eigenvalue weighted by Gasteiger charge is 2.08. The van der Waals surface area contributed by atoms with Crippen LogP contribution < -0.4 is 0 Å². The van der Waals surface area contributed by atoms with E-state index < -0.39 is 8.07 Å². The molecular weight excluding hydrogens is 304 g/mol. The monoisotopic (exact) mass is 326 g/mol. The Balaban J connectivity index is 2.09. The van der Waals surface area contributed by atoms with E-state index in [1.807, 2.05) is 6.07 Å². The Morgan fingerprint density at radius 2 is 1.38 bits per heavy atom. The van der Waals surface area contributed by atoms with Crippen LogP contribution >= 0.6 is 0 Å². The molecule has 3 aromatic carbocycles. The van der Waals surface area contributed by atoms with Gasteiger partial charge in [0.05, 0.1) is 0 Å². The van der Waals surface area contributed by atoms with Crippen LogP contribution in [0.3, 0.4) is 0 Å². The second-order valence-electron chi connectivity index (χ2n) is 7.03. The van der Waals surface area contributed by atoms with Crippen LogP contribution in [0.5, 0.6) is 0 Å². The van der Waals surface area contributed by atoms with Crippen LogP contribution in [0.4, 0.5) is 0 Å². The first-order chi connectivity index (χ1) is 11.5. The minimum Gasteiger partial charge on any atom is -0.127 e. The highest BCUT2D eigenvalue weighted by Crippen LogP contribution is 2.22. The number of benzene rings is 3. The summed E-state index contributed by atoms with van der Waals surface area (Å²) in [4.78, 5) is 0. The molecule has 118 valence electrons. The molecule has 0 aliphatic heterocycles. The zero-order chi connectivity index (χ0) is 17.0. The van der Waals surface area contributed by atoms with E-state index in [4.69, 9.17) is 0 Å². The van der Waals surface area contributed by atoms with E-state index in [1.54, 1.807) is 0 Å². The van der Waals surface area contributed by atoms with Gasteiger partial charge in [0.2, 0.25) is 0 Å². The van der Waals surface area contributed by atoms with E-state index in [0.29, 0.717) is 0 Å². The van der Waals surface area contributed by atoms with Crippen LogP contribution in [0.25, 0.3) is 22.9 Å². The summed E-state index contributed by atoms with van der Waals surface area (Å²) in [6.07, 6.45) is 4.33. The molecular formula is C23H22Si. The Labute approximate surface area is 145 Å². The molecule has 0 unspecified atom stereocenters. The summed E-state index contributed by atoms with van der Waals surface area (Å²) in [6.45, 7) is 6.83. The molecule has 24 heavy (non-hydrogen) atoms. The van der Waals surface area contributed by atoms with Crippen molar-refractivity contribution >= 4 is 31.0 Å². The summed E-state index contributed by atoms with van der Waals surface area (Å²) in [6, 6.07) is 23.3. The summed E-state index contributed by atoms with van der Waals surface area (Å²) < 4.78 is 0. The second kappa shape index (κ2) is 6.91. The molecule has 0 saturated heterocycles. The molecule has 0 aliphatic carbocycles. The molecule has 0 aromatic heterocycles. The van der Waals surface area contributed by atoms with Crippen molar-refractivity contribution in [2.75, 3.05) is 0 Å². The first-order valence-corrected chi connectivity index (χ1v) is 11.8. The maximum absolute atomic E-state index is 3.50. The van der Waals surface area contributed by atoms with E-state index >= 15 is 0 Å². The van der Waals surface area contributed by atoms with Crippen molar-refractivity contribution in [1.82, 2.24) is 0 Å². The summed E-state index contributed by atoms with van der Waals surface area (Å²) in [5, 5.41) is 2.50. The summed E-state index contributed by atoms with van der Waals surface area (Å²) >= 11 is 0. The molecule has 3 rings (SSSR count). The van der Waals surface area contributed by atoms with Crippen LogP contribution in [-0.4, -0.2) is 8.07 Å². The van der Waals surface area contributed by atoms with Crippen molar-refractivity contribution in [3.05, 3.63) is 83.4 Å². The highest BCUT2D eigenvalue weighted by atomic mass is 28.3. The molecule has 0 amide bonds. The van der Waals surface area contributed by atoms with E-state index in [2.05, 4.69) is 104 Å². The SMILES string of the molecule is C[Si](C)(C)C#Cc1cc2ccccc2cc1/C=C/c1ccccc1. The van der Waals surface area contributed by atoms with Crippen LogP contribution in [0, 0.1) is 11.5 Å². The van der Waals surface area contributed by atoms with Crippen molar-refractivity contribution in [2.45, 2.75) is 19.6 Å². The van der Waals surface area contributed by atoms with E-state index in [-0.39, 0.29) is 0 Å². The van der Waals surface area contributed by atoms with Crippen molar-refractivity contribution in [3.8, 4) is 11.5 Å². The fourth-order valence-electron chi connectivity index (χ4n) is 2.51. The minimum atomic E-state index is -1.40. The topological polar surface area (TPSA) is 0 Å². The summed E-state index contributed by atoms with van der Waals surface area (Å²) in [5.74, 6) is 3.44. The highest BCUT2D eigenvalue weighted by molar-refractivity contribution is 6.83.